The maximum atomic E-state index is 13.4. The van der Waals surface area contributed by atoms with Gasteiger partial charge in [-0.25, -0.2) is 4.39 Å². The van der Waals surface area contributed by atoms with Gasteiger partial charge in [-0.2, -0.15) is 0 Å². The minimum Gasteiger partial charge on any atom is -0.468 e. The zero-order chi connectivity index (χ0) is 23.0. The van der Waals surface area contributed by atoms with E-state index in [1.165, 1.54) is 19.2 Å². The van der Waals surface area contributed by atoms with Crippen molar-refractivity contribution < 1.29 is 28.2 Å². The van der Waals surface area contributed by atoms with Gasteiger partial charge in [-0.15, -0.1) is 0 Å². The molecule has 1 amide bonds. The Morgan fingerprint density at radius 2 is 1.81 bits per heavy atom. The van der Waals surface area contributed by atoms with Gasteiger partial charge in [0.15, 0.2) is 11.2 Å². The van der Waals surface area contributed by atoms with E-state index in [0.29, 0.717) is 26.1 Å². The zero-order valence-corrected chi connectivity index (χ0v) is 18.9. The molecule has 174 valence electrons. The topological polar surface area (TPSA) is 76.1 Å². The predicted octanol–water partition coefficient (Wildman–Crippen LogP) is 2.32. The standard InChI is InChI=1S/C24H31FN2O5/c1-15-12-26(13-16(2)32-15)22(29)11-24(23(30)31-3)20-9-8-19(10-21(24)28)27(20)14-17-4-6-18(25)7-5-17/h4-7,15-16,19-20H,8-14H2,1-3H3/t15-,16-,19+,20+,24-/m0/s1. The molecule has 7 nitrogen and oxygen atoms in total. The Kier molecular flexibility index (Phi) is 6.36. The zero-order valence-electron chi connectivity index (χ0n) is 18.9. The van der Waals surface area contributed by atoms with E-state index in [1.807, 2.05) is 13.8 Å². The summed E-state index contributed by atoms with van der Waals surface area (Å²) >= 11 is 0. The third-order valence-corrected chi connectivity index (χ3v) is 7.16. The van der Waals surface area contributed by atoms with E-state index < -0.39 is 17.4 Å². The highest BCUT2D eigenvalue weighted by Gasteiger charge is 2.62. The number of carbonyl (C=O) groups is 3. The summed E-state index contributed by atoms with van der Waals surface area (Å²) in [6.45, 7) is 5.16. The third kappa shape index (κ3) is 4.06. The van der Waals surface area contributed by atoms with Gasteiger partial charge in [0.1, 0.15) is 5.82 Å². The van der Waals surface area contributed by atoms with Crippen LogP contribution < -0.4 is 0 Å². The molecular formula is C24H31FN2O5. The number of nitrogens with zero attached hydrogens (tertiary/aromatic N) is 2. The van der Waals surface area contributed by atoms with E-state index in [1.54, 1.807) is 17.0 Å². The minimum absolute atomic E-state index is 0.00821. The number of fused-ring (bicyclic) bond motifs is 2. The van der Waals surface area contributed by atoms with E-state index in [0.717, 1.165) is 12.0 Å². The number of ketones is 1. The number of amides is 1. The molecule has 5 atom stereocenters. The summed E-state index contributed by atoms with van der Waals surface area (Å²) < 4.78 is 24.2. The lowest BCUT2D eigenvalue weighted by Gasteiger charge is -2.46. The fourth-order valence-electron chi connectivity index (χ4n) is 5.76. The van der Waals surface area contributed by atoms with Gasteiger partial charge in [-0.05, 0) is 44.4 Å². The summed E-state index contributed by atoms with van der Waals surface area (Å²) in [4.78, 5) is 43.8. The summed E-state index contributed by atoms with van der Waals surface area (Å²) in [7, 11) is 1.27. The highest BCUT2D eigenvalue weighted by molar-refractivity contribution is 6.08. The SMILES string of the molecule is COC(=O)[C@]1(CC(=O)N2C[C@H](C)O[C@@H](C)C2)C(=O)C[C@H]2CC[C@H]1N2Cc1ccc(F)cc1. The Hall–Kier alpha value is -2.32. The van der Waals surface area contributed by atoms with E-state index in [-0.39, 0.29) is 48.6 Å². The number of morpholine rings is 1. The molecule has 3 aliphatic heterocycles. The molecule has 0 radical (unpaired) electrons. The molecule has 3 aliphatic rings. The number of esters is 1. The maximum Gasteiger partial charge on any atom is 0.321 e. The first-order valence-electron chi connectivity index (χ1n) is 11.3. The molecule has 0 N–H and O–H groups in total. The molecule has 4 rings (SSSR count). The summed E-state index contributed by atoms with van der Waals surface area (Å²) in [6, 6.07) is 5.83. The van der Waals surface area contributed by atoms with Gasteiger partial charge in [-0.1, -0.05) is 12.1 Å². The number of rotatable bonds is 5. The summed E-state index contributed by atoms with van der Waals surface area (Å²) in [5.41, 5.74) is -0.623. The van der Waals surface area contributed by atoms with Crippen molar-refractivity contribution in [2.45, 2.75) is 70.4 Å². The predicted molar refractivity (Wildman–Crippen MR) is 114 cm³/mol. The molecule has 3 saturated heterocycles. The van der Waals surface area contributed by atoms with Crippen LogP contribution in [-0.2, 0) is 30.4 Å². The lowest BCUT2D eigenvalue weighted by Crippen LogP contribution is -2.62. The van der Waals surface area contributed by atoms with Crippen molar-refractivity contribution in [3.63, 3.8) is 0 Å². The van der Waals surface area contributed by atoms with Gasteiger partial charge in [0.25, 0.3) is 0 Å². The van der Waals surface area contributed by atoms with Crippen LogP contribution in [0, 0.1) is 11.2 Å². The van der Waals surface area contributed by atoms with Crippen molar-refractivity contribution in [1.29, 1.82) is 0 Å². The van der Waals surface area contributed by atoms with E-state index >= 15 is 0 Å². The van der Waals surface area contributed by atoms with Crippen molar-refractivity contribution >= 4 is 17.7 Å². The number of hydrogen-bond acceptors (Lipinski definition) is 6. The Balaban J connectivity index is 1.63. The molecule has 2 bridgehead atoms. The second kappa shape index (κ2) is 8.90. The molecule has 1 aromatic carbocycles. The number of carbonyl (C=O) groups excluding carboxylic acids is 3. The van der Waals surface area contributed by atoms with Crippen LogP contribution in [0.3, 0.4) is 0 Å². The van der Waals surface area contributed by atoms with Gasteiger partial charge >= 0.3 is 5.97 Å². The monoisotopic (exact) mass is 446 g/mol. The highest BCUT2D eigenvalue weighted by atomic mass is 19.1. The van der Waals surface area contributed by atoms with Gasteiger partial charge in [0, 0.05) is 38.1 Å². The second-order valence-electron chi connectivity index (χ2n) is 9.37. The Bertz CT molecular complexity index is 881. The number of ether oxygens (including phenoxy) is 2. The van der Waals surface area contributed by atoms with Gasteiger partial charge < -0.3 is 14.4 Å². The first kappa shape index (κ1) is 22.9. The maximum absolute atomic E-state index is 13.4. The number of hydrogen-bond donors (Lipinski definition) is 0. The van der Waals surface area contributed by atoms with Crippen molar-refractivity contribution in [3.05, 3.63) is 35.6 Å². The highest BCUT2D eigenvalue weighted by Crippen LogP contribution is 2.48. The fourth-order valence-corrected chi connectivity index (χ4v) is 5.76. The first-order chi connectivity index (χ1) is 15.2. The molecular weight excluding hydrogens is 415 g/mol. The molecule has 32 heavy (non-hydrogen) atoms. The molecule has 0 aliphatic carbocycles. The largest absolute Gasteiger partial charge is 0.468 e. The lowest BCUT2D eigenvalue weighted by atomic mass is 9.69. The van der Waals surface area contributed by atoms with E-state index in [4.69, 9.17) is 9.47 Å². The molecule has 0 aromatic heterocycles. The van der Waals surface area contributed by atoms with Crippen molar-refractivity contribution in [2.24, 2.45) is 5.41 Å². The van der Waals surface area contributed by atoms with Crippen molar-refractivity contribution in [1.82, 2.24) is 9.80 Å². The van der Waals surface area contributed by atoms with Crippen LogP contribution in [-0.4, -0.2) is 72.0 Å². The van der Waals surface area contributed by atoms with Crippen LogP contribution in [0.15, 0.2) is 24.3 Å². The smallest absolute Gasteiger partial charge is 0.321 e. The van der Waals surface area contributed by atoms with E-state index in [2.05, 4.69) is 4.90 Å². The van der Waals surface area contributed by atoms with Crippen LogP contribution in [0.1, 0.15) is 45.1 Å². The summed E-state index contributed by atoms with van der Waals surface area (Å²) in [5.74, 6) is -1.39. The summed E-state index contributed by atoms with van der Waals surface area (Å²) in [6.07, 6.45) is 1.20. The van der Waals surface area contributed by atoms with Crippen LogP contribution in [0.4, 0.5) is 4.39 Å². The number of Topliss-reactive ketones (excluding diaryl/α,β-unsaturated/α-hetero) is 1. The van der Waals surface area contributed by atoms with Crippen molar-refractivity contribution in [3.8, 4) is 0 Å². The average Bonchev–Trinajstić information content (AvgIpc) is 3.07. The first-order valence-corrected chi connectivity index (χ1v) is 11.3. The van der Waals surface area contributed by atoms with Crippen LogP contribution >= 0.6 is 0 Å². The number of benzene rings is 1. The molecule has 0 saturated carbocycles. The second-order valence-corrected chi connectivity index (χ2v) is 9.37. The molecule has 1 aromatic rings. The van der Waals surface area contributed by atoms with Crippen LogP contribution in [0.25, 0.3) is 0 Å². The Morgan fingerprint density at radius 3 is 2.44 bits per heavy atom. The van der Waals surface area contributed by atoms with Gasteiger partial charge in [-0.3, -0.25) is 19.3 Å². The molecule has 0 spiro atoms. The summed E-state index contributed by atoms with van der Waals surface area (Å²) in [5, 5.41) is 0. The Labute approximate surface area is 187 Å². The van der Waals surface area contributed by atoms with E-state index in [9.17, 15) is 18.8 Å². The lowest BCUT2D eigenvalue weighted by molar-refractivity contribution is -0.172. The quantitative estimate of drug-likeness (QED) is 0.510. The molecule has 3 fully saturated rings. The normalized spacial score (nSPS) is 32.8. The van der Waals surface area contributed by atoms with Crippen LogP contribution in [0.2, 0.25) is 0 Å². The van der Waals surface area contributed by atoms with Gasteiger partial charge in [0.2, 0.25) is 5.91 Å². The number of piperidine rings is 1. The molecule has 8 heteroatoms. The molecule has 3 heterocycles. The van der Waals surface area contributed by atoms with Crippen LogP contribution in [0.5, 0.6) is 0 Å². The third-order valence-electron chi connectivity index (χ3n) is 7.16. The minimum atomic E-state index is -1.52. The average molecular weight is 447 g/mol. The Morgan fingerprint density at radius 1 is 1.16 bits per heavy atom. The van der Waals surface area contributed by atoms with Crippen molar-refractivity contribution in [2.75, 3.05) is 20.2 Å². The van der Waals surface area contributed by atoms with Gasteiger partial charge in [0.05, 0.1) is 25.7 Å². The fraction of sp³-hybridized carbons (Fsp3) is 0.625. The number of halogens is 1. The number of methoxy groups -OCH3 is 1. The molecule has 0 unspecified atom stereocenters.